The van der Waals surface area contributed by atoms with Crippen LogP contribution in [-0.2, 0) is 21.4 Å². The van der Waals surface area contributed by atoms with Gasteiger partial charge in [-0.2, -0.15) is 4.31 Å². The second-order valence-corrected chi connectivity index (χ2v) is 9.24. The van der Waals surface area contributed by atoms with Gasteiger partial charge in [0.05, 0.1) is 13.1 Å². The Kier molecular flexibility index (Phi) is 5.84. The molecule has 0 bridgehead atoms. The zero-order valence-corrected chi connectivity index (χ0v) is 15.9. The molecule has 0 aromatic carbocycles. The van der Waals surface area contributed by atoms with Crippen molar-refractivity contribution in [3.63, 3.8) is 0 Å². The average molecular weight is 396 g/mol. The average Bonchev–Trinajstić information content (AvgIpc) is 3.11. The highest BCUT2D eigenvalue weighted by Crippen LogP contribution is 2.27. The van der Waals surface area contributed by atoms with Crippen LogP contribution in [0.2, 0.25) is 0 Å². The van der Waals surface area contributed by atoms with Crippen LogP contribution < -0.4 is 10.1 Å². The Labute approximate surface area is 156 Å². The summed E-state index contributed by atoms with van der Waals surface area (Å²) in [6, 6.07) is 5.26. The van der Waals surface area contributed by atoms with Crippen LogP contribution in [0.1, 0.15) is 24.6 Å². The Morgan fingerprint density at radius 2 is 2.15 bits per heavy atom. The number of nitrogens with one attached hydrogen (secondary N) is 1. The molecule has 3 heterocycles. The van der Waals surface area contributed by atoms with Gasteiger partial charge in [0, 0.05) is 30.7 Å². The van der Waals surface area contributed by atoms with Gasteiger partial charge in [0.1, 0.15) is 10.3 Å². The largest absolute Gasteiger partial charge is 0.459 e. The van der Waals surface area contributed by atoms with E-state index in [2.05, 4.69) is 15.3 Å². The molecular weight excluding hydrogens is 376 g/mol. The van der Waals surface area contributed by atoms with Gasteiger partial charge in [-0.05, 0) is 31.0 Å². The predicted octanol–water partition coefficient (Wildman–Crippen LogP) is 1.41. The van der Waals surface area contributed by atoms with E-state index in [9.17, 15) is 13.2 Å². The number of aromatic nitrogens is 2. The van der Waals surface area contributed by atoms with Crippen LogP contribution in [0.5, 0.6) is 6.01 Å². The lowest BCUT2D eigenvalue weighted by atomic mass is 10.1. The quantitative estimate of drug-likeness (QED) is 0.792. The fraction of sp³-hybridized carbons (Fsp3) is 0.438. The van der Waals surface area contributed by atoms with Crippen molar-refractivity contribution in [3.8, 4) is 6.01 Å². The van der Waals surface area contributed by atoms with Crippen molar-refractivity contribution in [2.24, 2.45) is 0 Å². The summed E-state index contributed by atoms with van der Waals surface area (Å²) in [5.41, 5.74) is 0. The number of rotatable bonds is 6. The molecule has 1 aliphatic heterocycles. The van der Waals surface area contributed by atoms with Crippen molar-refractivity contribution in [1.29, 1.82) is 0 Å². The van der Waals surface area contributed by atoms with Crippen molar-refractivity contribution >= 4 is 27.3 Å². The third-order valence-electron chi connectivity index (χ3n) is 3.90. The van der Waals surface area contributed by atoms with E-state index < -0.39 is 10.0 Å². The monoisotopic (exact) mass is 396 g/mol. The fourth-order valence-corrected chi connectivity index (χ4v) is 5.61. The standard InChI is InChI=1S/C16H20N4O4S2/c1-12(21)19-10-14-5-6-15(25-14)26(22,23)20-9-2-4-13(11-20)24-16-17-7-3-8-18-16/h3,5-8,13H,2,4,9-11H2,1H3,(H,19,21). The highest BCUT2D eigenvalue weighted by atomic mass is 32.2. The number of hydrogen-bond acceptors (Lipinski definition) is 7. The molecule has 1 unspecified atom stereocenters. The Hall–Kier alpha value is -2.04. The van der Waals surface area contributed by atoms with Crippen LogP contribution in [0.3, 0.4) is 0 Å². The molecule has 1 atom stereocenters. The smallest absolute Gasteiger partial charge is 0.316 e. The molecule has 1 saturated heterocycles. The summed E-state index contributed by atoms with van der Waals surface area (Å²) in [4.78, 5) is 19.8. The van der Waals surface area contributed by atoms with E-state index in [0.717, 1.165) is 11.3 Å². The van der Waals surface area contributed by atoms with Gasteiger partial charge in [-0.25, -0.2) is 18.4 Å². The lowest BCUT2D eigenvalue weighted by Crippen LogP contribution is -2.44. The minimum atomic E-state index is -3.59. The van der Waals surface area contributed by atoms with E-state index >= 15 is 0 Å². The molecule has 1 fully saturated rings. The molecule has 2 aromatic rings. The minimum Gasteiger partial charge on any atom is -0.459 e. The third kappa shape index (κ3) is 4.57. The van der Waals surface area contributed by atoms with Gasteiger partial charge in [0.2, 0.25) is 5.91 Å². The summed E-state index contributed by atoms with van der Waals surface area (Å²) in [6.07, 6.45) is 4.35. The van der Waals surface area contributed by atoms with Gasteiger partial charge in [-0.3, -0.25) is 4.79 Å². The number of thiophene rings is 1. The van der Waals surface area contributed by atoms with E-state index in [1.165, 1.54) is 22.6 Å². The van der Waals surface area contributed by atoms with Crippen LogP contribution in [0, 0.1) is 0 Å². The van der Waals surface area contributed by atoms with Gasteiger partial charge in [-0.15, -0.1) is 11.3 Å². The van der Waals surface area contributed by atoms with Crippen molar-refractivity contribution in [3.05, 3.63) is 35.5 Å². The SMILES string of the molecule is CC(=O)NCc1ccc(S(=O)(=O)N2CCCC(Oc3ncccn3)C2)s1. The number of hydrogen-bond donors (Lipinski definition) is 1. The van der Waals surface area contributed by atoms with Gasteiger partial charge in [0.15, 0.2) is 0 Å². The second kappa shape index (κ2) is 8.11. The molecule has 1 N–H and O–H groups in total. The number of amides is 1. The molecule has 0 spiro atoms. The Morgan fingerprint density at radius 1 is 1.38 bits per heavy atom. The molecule has 0 aliphatic carbocycles. The van der Waals surface area contributed by atoms with E-state index in [4.69, 9.17) is 4.74 Å². The fourth-order valence-electron chi connectivity index (χ4n) is 2.65. The zero-order valence-electron chi connectivity index (χ0n) is 14.3. The van der Waals surface area contributed by atoms with Crippen LogP contribution in [0.15, 0.2) is 34.8 Å². The summed E-state index contributed by atoms with van der Waals surface area (Å²) in [7, 11) is -3.59. The molecule has 1 amide bonds. The molecule has 10 heteroatoms. The van der Waals surface area contributed by atoms with Crippen LogP contribution in [0.25, 0.3) is 0 Å². The first-order chi connectivity index (χ1) is 12.4. The number of ether oxygens (including phenoxy) is 1. The molecular formula is C16H20N4O4S2. The van der Waals surface area contributed by atoms with E-state index in [1.54, 1.807) is 30.6 Å². The molecule has 0 saturated carbocycles. The molecule has 3 rings (SSSR count). The number of nitrogens with zero attached hydrogens (tertiary/aromatic N) is 3. The summed E-state index contributed by atoms with van der Waals surface area (Å²) in [5, 5.41) is 2.67. The maximum Gasteiger partial charge on any atom is 0.316 e. The lowest BCUT2D eigenvalue weighted by Gasteiger charge is -2.31. The van der Waals surface area contributed by atoms with Crippen molar-refractivity contribution in [1.82, 2.24) is 19.6 Å². The molecule has 0 radical (unpaired) electrons. The topological polar surface area (TPSA) is 101 Å². The van der Waals surface area contributed by atoms with Crippen molar-refractivity contribution in [2.45, 2.75) is 36.6 Å². The number of carbonyl (C=O) groups excluding carboxylic acids is 1. The minimum absolute atomic E-state index is 0.151. The maximum absolute atomic E-state index is 12.9. The Bertz CT molecular complexity index is 854. The summed E-state index contributed by atoms with van der Waals surface area (Å²) in [5.74, 6) is -0.151. The highest BCUT2D eigenvalue weighted by molar-refractivity contribution is 7.91. The predicted molar refractivity (Wildman–Crippen MR) is 96.3 cm³/mol. The van der Waals surface area contributed by atoms with Crippen molar-refractivity contribution < 1.29 is 17.9 Å². The first-order valence-corrected chi connectivity index (χ1v) is 10.5. The number of piperidine rings is 1. The van der Waals surface area contributed by atoms with Gasteiger partial charge < -0.3 is 10.1 Å². The lowest BCUT2D eigenvalue weighted by molar-refractivity contribution is -0.119. The van der Waals surface area contributed by atoms with E-state index in [0.29, 0.717) is 19.5 Å². The molecule has 2 aromatic heterocycles. The number of sulfonamides is 1. The number of carbonyl (C=O) groups is 1. The zero-order chi connectivity index (χ0) is 18.6. The summed E-state index contributed by atoms with van der Waals surface area (Å²) in [6.45, 7) is 2.47. The summed E-state index contributed by atoms with van der Waals surface area (Å²) >= 11 is 1.17. The van der Waals surface area contributed by atoms with Gasteiger partial charge in [-0.1, -0.05) is 0 Å². The Balaban J connectivity index is 1.67. The first kappa shape index (κ1) is 18.7. The van der Waals surface area contributed by atoms with E-state index in [-0.39, 0.29) is 28.8 Å². The van der Waals surface area contributed by atoms with E-state index in [1.807, 2.05) is 0 Å². The first-order valence-electron chi connectivity index (χ1n) is 8.22. The molecule has 1 aliphatic rings. The van der Waals surface area contributed by atoms with Crippen LogP contribution in [0.4, 0.5) is 0 Å². The van der Waals surface area contributed by atoms with Gasteiger partial charge in [0.25, 0.3) is 10.0 Å². The second-order valence-electron chi connectivity index (χ2n) is 5.91. The molecule has 140 valence electrons. The summed E-state index contributed by atoms with van der Waals surface area (Å²) < 4.78 is 33.2. The van der Waals surface area contributed by atoms with Gasteiger partial charge >= 0.3 is 6.01 Å². The highest BCUT2D eigenvalue weighted by Gasteiger charge is 2.32. The molecule has 26 heavy (non-hydrogen) atoms. The molecule has 8 nitrogen and oxygen atoms in total. The van der Waals surface area contributed by atoms with Crippen LogP contribution in [-0.4, -0.2) is 47.8 Å². The van der Waals surface area contributed by atoms with Crippen molar-refractivity contribution in [2.75, 3.05) is 13.1 Å². The Morgan fingerprint density at radius 3 is 2.88 bits per heavy atom. The van der Waals surface area contributed by atoms with Crippen LogP contribution >= 0.6 is 11.3 Å². The normalized spacial score (nSPS) is 18.4. The third-order valence-corrected chi connectivity index (χ3v) is 7.32. The maximum atomic E-state index is 12.9.